The predicted molar refractivity (Wildman–Crippen MR) is 63.2 cm³/mol. The van der Waals surface area contributed by atoms with Crippen molar-refractivity contribution < 1.29 is 0 Å². The monoisotopic (exact) mass is 214 g/mol. The molecule has 0 spiro atoms. The van der Waals surface area contributed by atoms with E-state index in [9.17, 15) is 0 Å². The van der Waals surface area contributed by atoms with Gasteiger partial charge in [-0.2, -0.15) is 0 Å². The minimum atomic E-state index is -1.03. The van der Waals surface area contributed by atoms with Crippen molar-refractivity contribution in [3.05, 3.63) is 0 Å². The van der Waals surface area contributed by atoms with Crippen molar-refractivity contribution in [2.75, 3.05) is 26.2 Å². The number of nitrogens with zero attached hydrogens (tertiary/aromatic N) is 2. The Labute approximate surface area is 85.7 Å². The number of hydrogen-bond donors (Lipinski definition) is 0. The van der Waals surface area contributed by atoms with Gasteiger partial charge in [-0.25, -0.2) is 0 Å². The summed E-state index contributed by atoms with van der Waals surface area (Å²) in [5, 5.41) is 0. The van der Waals surface area contributed by atoms with E-state index in [4.69, 9.17) is 0 Å². The summed E-state index contributed by atoms with van der Waals surface area (Å²) in [5.74, 6) is 0. The van der Waals surface area contributed by atoms with Crippen molar-refractivity contribution in [3.8, 4) is 0 Å². The highest BCUT2D eigenvalue weighted by Crippen LogP contribution is 2.22. The fourth-order valence-electron chi connectivity index (χ4n) is 2.73. The third-order valence-corrected chi connectivity index (χ3v) is 11.5. The molecule has 0 aromatic carbocycles. The Morgan fingerprint density at radius 2 is 1.15 bits per heavy atom. The Balaban J connectivity index is 1.99. The Hall–Kier alpha value is 0.354. The lowest BCUT2D eigenvalue weighted by molar-refractivity contribution is 0.420. The molecule has 76 valence electrons. The molecule has 0 atom stereocenters. The van der Waals surface area contributed by atoms with Gasteiger partial charge in [0.25, 0.3) is 0 Å². The quantitative estimate of drug-likeness (QED) is 0.602. The molecule has 2 rings (SSSR count). The maximum absolute atomic E-state index is 2.85. The van der Waals surface area contributed by atoms with Crippen molar-refractivity contribution in [3.63, 3.8) is 0 Å². The summed E-state index contributed by atoms with van der Waals surface area (Å²) >= 11 is 0. The fraction of sp³-hybridized carbons (Fsp3) is 1.00. The zero-order valence-electron chi connectivity index (χ0n) is 9.05. The molecule has 4 heteroatoms. The first kappa shape index (κ1) is 9.89. The highest BCUT2D eigenvalue weighted by Gasteiger charge is 2.38. The van der Waals surface area contributed by atoms with Gasteiger partial charge in [0.1, 0.15) is 0 Å². The van der Waals surface area contributed by atoms with Gasteiger partial charge < -0.3 is 9.13 Å². The number of rotatable bonds is 2. The van der Waals surface area contributed by atoms with Crippen molar-refractivity contribution in [1.29, 1.82) is 0 Å². The second kappa shape index (κ2) is 3.84. The zero-order chi connectivity index (χ0) is 9.31. The molecule has 0 unspecified atom stereocenters. The van der Waals surface area contributed by atoms with Gasteiger partial charge in [-0.3, -0.25) is 0 Å². The molecule has 0 aliphatic carbocycles. The van der Waals surface area contributed by atoms with Crippen molar-refractivity contribution >= 4 is 17.7 Å². The summed E-state index contributed by atoms with van der Waals surface area (Å²) in [6.45, 7) is 8.22. The van der Waals surface area contributed by atoms with Crippen LogP contribution in [0, 0.1) is 0 Å². The molecule has 2 fully saturated rings. The van der Waals surface area contributed by atoms with Crippen LogP contribution < -0.4 is 0 Å². The lowest BCUT2D eigenvalue weighted by Gasteiger charge is -2.41. The second-order valence-electron chi connectivity index (χ2n) is 4.88. The summed E-state index contributed by atoms with van der Waals surface area (Å²) < 4.78 is 5.70. The Kier molecular flexibility index (Phi) is 2.92. The highest BCUT2D eigenvalue weighted by molar-refractivity contribution is 7.13. The van der Waals surface area contributed by atoms with Crippen LogP contribution in [0.4, 0.5) is 0 Å². The minimum Gasteiger partial charge on any atom is -0.315 e. The smallest absolute Gasteiger partial charge is 0.177 e. The molecule has 2 aliphatic heterocycles. The van der Waals surface area contributed by atoms with Crippen LogP contribution in [0.25, 0.3) is 0 Å². The van der Waals surface area contributed by atoms with E-state index in [0.717, 1.165) is 0 Å². The summed E-state index contributed by atoms with van der Waals surface area (Å²) in [5.41, 5.74) is 0. The van der Waals surface area contributed by atoms with Crippen LogP contribution in [0.3, 0.4) is 0 Å². The van der Waals surface area contributed by atoms with Gasteiger partial charge in [0.15, 0.2) is 7.91 Å². The van der Waals surface area contributed by atoms with E-state index in [2.05, 4.69) is 15.7 Å². The van der Waals surface area contributed by atoms with Crippen LogP contribution in [0.2, 0.25) is 6.55 Å². The SMILES string of the molecule is C[Si]([SiH3])(N1CCCC1)N1CCCC1. The van der Waals surface area contributed by atoms with Gasteiger partial charge in [-0.1, -0.05) is 0 Å². The molecule has 2 nitrogen and oxygen atoms in total. The minimum absolute atomic E-state index is 1.03. The van der Waals surface area contributed by atoms with E-state index in [1.807, 2.05) is 0 Å². The summed E-state index contributed by atoms with van der Waals surface area (Å²) in [4.78, 5) is 0. The average molecular weight is 214 g/mol. The van der Waals surface area contributed by atoms with E-state index in [1.54, 1.807) is 0 Å². The first-order valence-electron chi connectivity index (χ1n) is 5.71. The van der Waals surface area contributed by atoms with Gasteiger partial charge in [-0.15, -0.1) is 0 Å². The lowest BCUT2D eigenvalue weighted by Crippen LogP contribution is -2.63. The fourth-order valence-corrected chi connectivity index (χ4v) is 8.63. The Bertz CT molecular complexity index is 154. The highest BCUT2D eigenvalue weighted by atomic mass is 29.2. The van der Waals surface area contributed by atoms with Gasteiger partial charge in [0.2, 0.25) is 0 Å². The normalized spacial score (nSPS) is 27.5. The van der Waals surface area contributed by atoms with Crippen LogP contribution >= 0.6 is 0 Å². The summed E-state index contributed by atoms with van der Waals surface area (Å²) in [7, 11) is 0.392. The molecule has 2 aliphatic rings. The van der Waals surface area contributed by atoms with Crippen molar-refractivity contribution in [2.45, 2.75) is 32.2 Å². The molecule has 13 heavy (non-hydrogen) atoms. The lowest BCUT2D eigenvalue weighted by atomic mass is 10.4. The van der Waals surface area contributed by atoms with Crippen molar-refractivity contribution in [1.82, 2.24) is 9.13 Å². The molecular formula is C9H22N2Si2. The molecule has 0 N–H and O–H groups in total. The molecule has 2 saturated heterocycles. The molecule has 0 amide bonds. The van der Waals surface area contributed by atoms with E-state index >= 15 is 0 Å². The molecule has 0 radical (unpaired) electrons. The van der Waals surface area contributed by atoms with Crippen LogP contribution in [0.5, 0.6) is 0 Å². The van der Waals surface area contributed by atoms with Gasteiger partial charge >= 0.3 is 0 Å². The number of hydrogen-bond acceptors (Lipinski definition) is 2. The first-order valence-corrected chi connectivity index (χ1v) is 11.6. The standard InChI is InChI=1S/C9H22N2Si2/c1-13(12,10-6-2-3-7-10)11-8-4-5-9-11/h2-9H2,1,12H3. The van der Waals surface area contributed by atoms with E-state index in [0.29, 0.717) is 0 Å². The second-order valence-corrected chi connectivity index (χ2v) is 14.8. The summed E-state index contributed by atoms with van der Waals surface area (Å²) in [6.07, 6.45) is 5.83. The molecule has 0 aromatic rings. The van der Waals surface area contributed by atoms with Gasteiger partial charge in [0, 0.05) is 9.76 Å². The third-order valence-electron chi connectivity index (χ3n) is 3.76. The molecular weight excluding hydrogens is 192 g/mol. The van der Waals surface area contributed by atoms with Crippen LogP contribution in [-0.4, -0.2) is 53.0 Å². The zero-order valence-corrected chi connectivity index (χ0v) is 12.1. The maximum atomic E-state index is 2.85. The topological polar surface area (TPSA) is 6.48 Å². The molecule has 0 bridgehead atoms. The van der Waals surface area contributed by atoms with E-state index < -0.39 is 7.91 Å². The Morgan fingerprint density at radius 3 is 1.46 bits per heavy atom. The van der Waals surface area contributed by atoms with Crippen LogP contribution in [-0.2, 0) is 0 Å². The maximum Gasteiger partial charge on any atom is 0.177 e. The summed E-state index contributed by atoms with van der Waals surface area (Å²) in [6, 6.07) is 0. The largest absolute Gasteiger partial charge is 0.315 e. The molecule has 0 aromatic heterocycles. The molecule has 0 saturated carbocycles. The Morgan fingerprint density at radius 1 is 0.846 bits per heavy atom. The van der Waals surface area contributed by atoms with Crippen LogP contribution in [0.1, 0.15) is 25.7 Å². The van der Waals surface area contributed by atoms with Crippen molar-refractivity contribution in [2.24, 2.45) is 0 Å². The van der Waals surface area contributed by atoms with Gasteiger partial charge in [0.05, 0.1) is 0 Å². The van der Waals surface area contributed by atoms with E-state index in [1.165, 1.54) is 61.6 Å². The first-order chi connectivity index (χ1) is 6.21. The molecule has 2 heterocycles. The average Bonchev–Trinajstić information content (AvgIpc) is 2.78. The van der Waals surface area contributed by atoms with Crippen LogP contribution in [0.15, 0.2) is 0 Å². The van der Waals surface area contributed by atoms with Gasteiger partial charge in [-0.05, 0) is 58.4 Å². The third kappa shape index (κ3) is 1.91. The predicted octanol–water partition coefficient (Wildman–Crippen LogP) is 0.112. The van der Waals surface area contributed by atoms with E-state index in [-0.39, 0.29) is 0 Å².